The van der Waals surface area contributed by atoms with Crippen LogP contribution in [0, 0.1) is 0 Å². The number of fused-ring (bicyclic) bond motifs is 1. The molecule has 0 saturated heterocycles. The van der Waals surface area contributed by atoms with Crippen LogP contribution < -0.4 is 11.1 Å². The number of hydrogen-bond donors (Lipinski definition) is 1. The number of rotatable bonds is 1. The zero-order valence-electron chi connectivity index (χ0n) is 8.40. The van der Waals surface area contributed by atoms with Crippen molar-refractivity contribution in [2.45, 2.75) is 0 Å². The fourth-order valence-electron chi connectivity index (χ4n) is 1.42. The highest BCUT2D eigenvalue weighted by Gasteiger charge is 2.07. The molecule has 0 atom stereocenters. The normalized spacial score (nSPS) is 10.5. The SMILES string of the molecule is CNC(=S)c1ccc2c(c1)oc(=O)n2C. The summed E-state index contributed by atoms with van der Waals surface area (Å²) in [6.45, 7) is 0. The van der Waals surface area contributed by atoms with Crippen LogP contribution in [0.25, 0.3) is 11.1 Å². The van der Waals surface area contributed by atoms with Crippen molar-refractivity contribution >= 4 is 28.3 Å². The Morgan fingerprint density at radius 2 is 2.27 bits per heavy atom. The molecule has 0 amide bonds. The third-order valence-corrected chi connectivity index (χ3v) is 2.72. The van der Waals surface area contributed by atoms with Crippen LogP contribution in [0.5, 0.6) is 0 Å². The van der Waals surface area contributed by atoms with Crippen molar-refractivity contribution in [2.24, 2.45) is 7.05 Å². The molecule has 0 spiro atoms. The molecule has 2 rings (SSSR count). The zero-order valence-corrected chi connectivity index (χ0v) is 9.22. The standard InChI is InChI=1S/C10H10N2O2S/c1-11-9(15)6-3-4-7-8(5-6)14-10(13)12(7)2/h3-5H,1-2H3,(H,11,15). The zero-order chi connectivity index (χ0) is 11.0. The van der Waals surface area contributed by atoms with Crippen molar-refractivity contribution in [1.29, 1.82) is 0 Å². The molecular weight excluding hydrogens is 212 g/mol. The molecule has 2 aromatic rings. The van der Waals surface area contributed by atoms with E-state index in [2.05, 4.69) is 5.32 Å². The predicted molar refractivity (Wildman–Crippen MR) is 62.2 cm³/mol. The van der Waals surface area contributed by atoms with Gasteiger partial charge in [-0.3, -0.25) is 4.57 Å². The summed E-state index contributed by atoms with van der Waals surface area (Å²) >= 11 is 5.09. The van der Waals surface area contributed by atoms with Gasteiger partial charge in [0.2, 0.25) is 0 Å². The summed E-state index contributed by atoms with van der Waals surface area (Å²) in [5, 5.41) is 2.87. The van der Waals surface area contributed by atoms with Crippen LogP contribution in [0.1, 0.15) is 5.56 Å². The van der Waals surface area contributed by atoms with Gasteiger partial charge in [0, 0.05) is 19.7 Å². The minimum Gasteiger partial charge on any atom is -0.408 e. The largest absolute Gasteiger partial charge is 0.419 e. The average molecular weight is 222 g/mol. The summed E-state index contributed by atoms with van der Waals surface area (Å²) < 4.78 is 6.51. The summed E-state index contributed by atoms with van der Waals surface area (Å²) in [6.07, 6.45) is 0. The minimum absolute atomic E-state index is 0.363. The van der Waals surface area contributed by atoms with Crippen LogP contribution in [-0.2, 0) is 7.05 Å². The third kappa shape index (κ3) is 1.55. The van der Waals surface area contributed by atoms with Crippen molar-refractivity contribution in [2.75, 3.05) is 7.05 Å². The lowest BCUT2D eigenvalue weighted by Crippen LogP contribution is -2.16. The fraction of sp³-hybridized carbons (Fsp3) is 0.200. The van der Waals surface area contributed by atoms with E-state index in [0.29, 0.717) is 10.6 Å². The van der Waals surface area contributed by atoms with E-state index in [1.165, 1.54) is 4.57 Å². The van der Waals surface area contributed by atoms with E-state index in [0.717, 1.165) is 11.1 Å². The van der Waals surface area contributed by atoms with Gasteiger partial charge < -0.3 is 9.73 Å². The van der Waals surface area contributed by atoms with Crippen molar-refractivity contribution in [3.63, 3.8) is 0 Å². The molecular formula is C10H10N2O2S. The van der Waals surface area contributed by atoms with E-state index in [1.807, 2.05) is 12.1 Å². The first-order valence-corrected chi connectivity index (χ1v) is 4.86. The first kappa shape index (κ1) is 9.92. The van der Waals surface area contributed by atoms with Crippen molar-refractivity contribution in [3.8, 4) is 0 Å². The van der Waals surface area contributed by atoms with Crippen LogP contribution in [0.15, 0.2) is 27.4 Å². The highest BCUT2D eigenvalue weighted by molar-refractivity contribution is 7.80. The number of aryl methyl sites for hydroxylation is 1. The van der Waals surface area contributed by atoms with Gasteiger partial charge in [0.15, 0.2) is 5.58 Å². The monoisotopic (exact) mass is 222 g/mol. The smallest absolute Gasteiger partial charge is 0.408 e. The van der Waals surface area contributed by atoms with Crippen molar-refractivity contribution in [3.05, 3.63) is 34.3 Å². The summed E-state index contributed by atoms with van der Waals surface area (Å²) in [7, 11) is 3.43. The number of nitrogens with zero attached hydrogens (tertiary/aromatic N) is 1. The number of hydrogen-bond acceptors (Lipinski definition) is 3. The third-order valence-electron chi connectivity index (χ3n) is 2.28. The highest BCUT2D eigenvalue weighted by Crippen LogP contribution is 2.14. The van der Waals surface area contributed by atoms with E-state index in [1.54, 1.807) is 20.2 Å². The average Bonchev–Trinajstić information content (AvgIpc) is 2.53. The van der Waals surface area contributed by atoms with Gasteiger partial charge in [-0.25, -0.2) is 4.79 Å². The maximum atomic E-state index is 11.2. The lowest BCUT2D eigenvalue weighted by atomic mass is 10.2. The molecule has 0 fully saturated rings. The van der Waals surface area contributed by atoms with Gasteiger partial charge in [0.25, 0.3) is 0 Å². The summed E-state index contributed by atoms with van der Waals surface area (Å²) in [4.78, 5) is 11.9. The molecule has 1 heterocycles. The Labute approximate surface area is 91.5 Å². The topological polar surface area (TPSA) is 47.2 Å². The molecule has 0 aliphatic rings. The molecule has 1 aromatic heterocycles. The van der Waals surface area contributed by atoms with E-state index in [9.17, 15) is 4.79 Å². The number of benzene rings is 1. The Hall–Kier alpha value is -1.62. The van der Waals surface area contributed by atoms with Crippen molar-refractivity contribution in [1.82, 2.24) is 9.88 Å². The van der Waals surface area contributed by atoms with Crippen LogP contribution >= 0.6 is 12.2 Å². The number of nitrogens with one attached hydrogen (secondary N) is 1. The number of oxazole rings is 1. The number of aromatic nitrogens is 1. The Morgan fingerprint density at radius 1 is 1.53 bits per heavy atom. The lowest BCUT2D eigenvalue weighted by Gasteiger charge is -2.01. The molecule has 0 radical (unpaired) electrons. The molecule has 0 aliphatic carbocycles. The molecule has 0 bridgehead atoms. The van der Waals surface area contributed by atoms with Crippen LogP contribution in [0.2, 0.25) is 0 Å². The van der Waals surface area contributed by atoms with Gasteiger partial charge in [-0.15, -0.1) is 0 Å². The quantitative estimate of drug-likeness (QED) is 0.732. The predicted octanol–water partition coefficient (Wildman–Crippen LogP) is 1.03. The molecule has 5 heteroatoms. The van der Waals surface area contributed by atoms with E-state index in [4.69, 9.17) is 16.6 Å². The second kappa shape index (κ2) is 3.51. The number of thiocarbonyl (C=S) groups is 1. The molecule has 4 nitrogen and oxygen atoms in total. The van der Waals surface area contributed by atoms with Gasteiger partial charge in [0.05, 0.1) is 5.52 Å². The molecule has 0 unspecified atom stereocenters. The minimum atomic E-state index is -0.363. The van der Waals surface area contributed by atoms with Gasteiger partial charge in [-0.05, 0) is 18.2 Å². The summed E-state index contributed by atoms with van der Waals surface area (Å²) in [5.41, 5.74) is 2.16. The van der Waals surface area contributed by atoms with E-state index >= 15 is 0 Å². The first-order valence-electron chi connectivity index (χ1n) is 4.45. The summed E-state index contributed by atoms with van der Waals surface area (Å²) in [5.74, 6) is -0.363. The Balaban J connectivity index is 2.67. The molecule has 78 valence electrons. The van der Waals surface area contributed by atoms with Gasteiger partial charge >= 0.3 is 5.76 Å². The summed E-state index contributed by atoms with van der Waals surface area (Å²) in [6, 6.07) is 5.44. The van der Waals surface area contributed by atoms with E-state index in [-0.39, 0.29) is 5.76 Å². The molecule has 0 saturated carbocycles. The second-order valence-electron chi connectivity index (χ2n) is 3.19. The fourth-order valence-corrected chi connectivity index (χ4v) is 1.55. The molecule has 1 aromatic carbocycles. The highest BCUT2D eigenvalue weighted by atomic mass is 32.1. The Kier molecular flexibility index (Phi) is 2.32. The second-order valence-corrected chi connectivity index (χ2v) is 3.60. The Morgan fingerprint density at radius 3 is 2.93 bits per heavy atom. The lowest BCUT2D eigenvalue weighted by molar-refractivity contribution is 0.528. The van der Waals surface area contributed by atoms with Crippen LogP contribution in [-0.4, -0.2) is 16.6 Å². The van der Waals surface area contributed by atoms with Crippen molar-refractivity contribution < 1.29 is 4.42 Å². The van der Waals surface area contributed by atoms with Gasteiger partial charge in [-0.2, -0.15) is 0 Å². The van der Waals surface area contributed by atoms with Gasteiger partial charge in [-0.1, -0.05) is 12.2 Å². The van der Waals surface area contributed by atoms with Crippen LogP contribution in [0.4, 0.5) is 0 Å². The maximum absolute atomic E-state index is 11.2. The van der Waals surface area contributed by atoms with Crippen LogP contribution in [0.3, 0.4) is 0 Å². The Bertz CT molecular complexity index is 583. The molecule has 0 aliphatic heterocycles. The maximum Gasteiger partial charge on any atom is 0.419 e. The van der Waals surface area contributed by atoms with Gasteiger partial charge in [0.1, 0.15) is 4.99 Å². The molecule has 15 heavy (non-hydrogen) atoms. The first-order chi connectivity index (χ1) is 7.13. The van der Waals surface area contributed by atoms with E-state index < -0.39 is 0 Å². The molecule has 1 N–H and O–H groups in total.